The number of rotatable bonds is 10. The summed E-state index contributed by atoms with van der Waals surface area (Å²) in [7, 11) is 0. The van der Waals surface area contributed by atoms with Crippen LogP contribution in [0, 0.1) is 0 Å². The molecule has 0 saturated carbocycles. The number of primary amides is 1. The lowest BCUT2D eigenvalue weighted by Crippen LogP contribution is -2.41. The van der Waals surface area contributed by atoms with Crippen LogP contribution in [0.25, 0.3) is 0 Å². The van der Waals surface area contributed by atoms with E-state index < -0.39 is 11.5 Å². The van der Waals surface area contributed by atoms with Crippen molar-refractivity contribution in [3.8, 4) is 0 Å². The van der Waals surface area contributed by atoms with Gasteiger partial charge in [0.25, 0.3) is 5.91 Å². The van der Waals surface area contributed by atoms with Crippen LogP contribution in [0.2, 0.25) is 0 Å². The number of nitrogens with zero attached hydrogens (tertiary/aromatic N) is 6. The summed E-state index contributed by atoms with van der Waals surface area (Å²) < 4.78 is 7.09. The number of anilines is 1. The molecular weight excluding hydrogens is 524 g/mol. The summed E-state index contributed by atoms with van der Waals surface area (Å²) in [6.07, 6.45) is 5.61. The summed E-state index contributed by atoms with van der Waals surface area (Å²) in [4.78, 5) is 37.9. The summed E-state index contributed by atoms with van der Waals surface area (Å²) in [6, 6.07) is 11.7. The van der Waals surface area contributed by atoms with Gasteiger partial charge in [0.2, 0.25) is 5.91 Å². The molecule has 12 heteroatoms. The number of aromatic nitrogens is 5. The molecule has 1 aliphatic heterocycles. The Hall–Kier alpha value is -4.35. The lowest BCUT2D eigenvalue weighted by molar-refractivity contribution is -0.115. The maximum atomic E-state index is 12.7. The van der Waals surface area contributed by atoms with Gasteiger partial charge in [-0.2, -0.15) is 5.10 Å². The van der Waals surface area contributed by atoms with Gasteiger partial charge in [-0.1, -0.05) is 29.5 Å². The van der Waals surface area contributed by atoms with Crippen LogP contribution in [-0.2, 0) is 28.9 Å². The Balaban J connectivity index is 1.20. The molecule has 12 nitrogen and oxygen atoms in total. The lowest BCUT2D eigenvalue weighted by atomic mass is 9.88. The smallest absolute Gasteiger partial charge is 0.410 e. The number of hydrogen-bond acceptors (Lipinski definition) is 8. The quantitative estimate of drug-likeness (QED) is 0.355. The van der Waals surface area contributed by atoms with E-state index in [1.165, 1.54) is 11.8 Å². The Bertz CT molecular complexity index is 1340. The summed E-state index contributed by atoms with van der Waals surface area (Å²) in [6.45, 7) is 7.54. The highest BCUT2D eigenvalue weighted by molar-refractivity contribution is 5.91. The second-order valence-electron chi connectivity index (χ2n) is 11.3. The number of carbonyl (C=O) groups excluding carboxylic acids is 3. The summed E-state index contributed by atoms with van der Waals surface area (Å²) in [5.74, 6) is -0.0155. The zero-order valence-corrected chi connectivity index (χ0v) is 23.9. The molecule has 218 valence electrons. The molecule has 0 aliphatic carbocycles. The molecule has 3 heterocycles. The van der Waals surface area contributed by atoms with Gasteiger partial charge in [0.05, 0.1) is 18.3 Å². The molecule has 0 spiro atoms. The monoisotopic (exact) mass is 562 g/mol. The molecule has 0 atom stereocenters. The highest BCUT2D eigenvalue weighted by Gasteiger charge is 2.27. The second-order valence-corrected chi connectivity index (χ2v) is 11.3. The normalized spacial score (nSPS) is 14.1. The minimum Gasteiger partial charge on any atom is -0.444 e. The number of aryl methyl sites for hydroxylation is 2. The number of carbonyl (C=O) groups is 3. The molecule has 1 aromatic carbocycles. The van der Waals surface area contributed by atoms with Crippen LogP contribution in [0.3, 0.4) is 0 Å². The molecule has 1 saturated heterocycles. The summed E-state index contributed by atoms with van der Waals surface area (Å²) >= 11 is 0. The van der Waals surface area contributed by atoms with Crippen molar-refractivity contribution in [2.75, 3.05) is 18.4 Å². The number of likely N-dealkylation sites (tertiary alicyclic amines) is 1. The number of nitrogens with two attached hydrogens (primary N) is 1. The van der Waals surface area contributed by atoms with Crippen molar-refractivity contribution in [3.63, 3.8) is 0 Å². The number of ether oxygens (including phenoxy) is 1. The standard InChI is InChI=1S/C29H38N8O4/c1-29(2,3)41-28(40)36-15-12-21(13-16-36)22-8-6-7-20(17-22)18-26(38)31-25-11-10-23(32-34-25)9-4-5-14-37-19-24(27(30)39)33-35-37/h6-8,10-11,17,19,21H,4-5,9,12-16,18H2,1-3H3,(H2,30,39)(H,31,34,38). The van der Waals surface area contributed by atoms with E-state index in [9.17, 15) is 14.4 Å². The Labute approximate surface area is 239 Å². The van der Waals surface area contributed by atoms with Gasteiger partial charge in [0.15, 0.2) is 11.5 Å². The van der Waals surface area contributed by atoms with Crippen LogP contribution in [0.4, 0.5) is 10.6 Å². The molecule has 3 amide bonds. The highest BCUT2D eigenvalue weighted by Crippen LogP contribution is 2.29. The molecular formula is C29H38N8O4. The van der Waals surface area contributed by atoms with Crippen LogP contribution in [0.5, 0.6) is 0 Å². The fourth-order valence-corrected chi connectivity index (χ4v) is 4.71. The Kier molecular flexibility index (Phi) is 9.64. The zero-order valence-electron chi connectivity index (χ0n) is 23.9. The van der Waals surface area contributed by atoms with E-state index in [2.05, 4.69) is 38.0 Å². The Morgan fingerprint density at radius 2 is 1.83 bits per heavy atom. The fraction of sp³-hybridized carbons (Fsp3) is 0.483. The first-order valence-electron chi connectivity index (χ1n) is 13.9. The predicted octanol–water partition coefficient (Wildman–Crippen LogP) is 3.49. The number of nitrogens with one attached hydrogen (secondary N) is 1. The average Bonchev–Trinajstić information content (AvgIpc) is 3.41. The first kappa shape index (κ1) is 29.6. The van der Waals surface area contributed by atoms with Crippen molar-refractivity contribution in [1.82, 2.24) is 30.1 Å². The van der Waals surface area contributed by atoms with E-state index in [4.69, 9.17) is 10.5 Å². The van der Waals surface area contributed by atoms with Crippen LogP contribution in [-0.4, -0.2) is 66.7 Å². The van der Waals surface area contributed by atoms with Gasteiger partial charge in [-0.3, -0.25) is 14.3 Å². The van der Waals surface area contributed by atoms with E-state index in [1.807, 2.05) is 39.0 Å². The number of hydrogen-bond donors (Lipinski definition) is 2. The van der Waals surface area contributed by atoms with E-state index in [0.717, 1.165) is 43.4 Å². The van der Waals surface area contributed by atoms with Crippen LogP contribution in [0.1, 0.15) is 79.7 Å². The SMILES string of the molecule is CC(C)(C)OC(=O)N1CCC(c2cccc(CC(=O)Nc3ccc(CCCCn4cc(C(N)=O)nn4)nn3)c2)CC1. The van der Waals surface area contributed by atoms with E-state index in [-0.39, 0.29) is 24.1 Å². The number of amides is 3. The van der Waals surface area contributed by atoms with E-state index >= 15 is 0 Å². The van der Waals surface area contributed by atoms with Crippen molar-refractivity contribution in [3.05, 3.63) is 65.1 Å². The van der Waals surface area contributed by atoms with E-state index in [1.54, 1.807) is 15.6 Å². The number of piperidine rings is 1. The largest absolute Gasteiger partial charge is 0.444 e. The summed E-state index contributed by atoms with van der Waals surface area (Å²) in [5, 5.41) is 18.8. The molecule has 2 aromatic heterocycles. The summed E-state index contributed by atoms with van der Waals surface area (Å²) in [5.41, 5.74) is 7.77. The van der Waals surface area contributed by atoms with Crippen LogP contribution < -0.4 is 11.1 Å². The van der Waals surface area contributed by atoms with Crippen molar-refractivity contribution in [1.29, 1.82) is 0 Å². The molecule has 41 heavy (non-hydrogen) atoms. The lowest BCUT2D eigenvalue weighted by Gasteiger charge is -2.33. The van der Waals surface area contributed by atoms with Gasteiger partial charge in [-0.15, -0.1) is 10.2 Å². The number of benzene rings is 1. The number of unbranched alkanes of at least 4 members (excludes halogenated alkanes) is 1. The molecule has 0 bridgehead atoms. The molecule has 0 unspecified atom stereocenters. The zero-order chi connectivity index (χ0) is 29.4. The average molecular weight is 563 g/mol. The van der Waals surface area contributed by atoms with Gasteiger partial charge in [-0.25, -0.2) is 4.79 Å². The van der Waals surface area contributed by atoms with Gasteiger partial charge >= 0.3 is 6.09 Å². The third kappa shape index (κ3) is 9.09. The van der Waals surface area contributed by atoms with Gasteiger partial charge < -0.3 is 20.7 Å². The van der Waals surface area contributed by atoms with Crippen LogP contribution in [0.15, 0.2) is 42.6 Å². The van der Waals surface area contributed by atoms with Gasteiger partial charge in [-0.05, 0) is 82.1 Å². The second kappa shape index (κ2) is 13.3. The third-order valence-corrected chi connectivity index (χ3v) is 6.78. The van der Waals surface area contributed by atoms with Crippen molar-refractivity contribution < 1.29 is 19.1 Å². The van der Waals surface area contributed by atoms with Crippen molar-refractivity contribution in [2.24, 2.45) is 5.73 Å². The maximum absolute atomic E-state index is 12.7. The van der Waals surface area contributed by atoms with E-state index in [0.29, 0.717) is 31.4 Å². The van der Waals surface area contributed by atoms with Gasteiger partial charge in [0, 0.05) is 19.6 Å². The minimum atomic E-state index is -0.596. The maximum Gasteiger partial charge on any atom is 0.410 e. The van der Waals surface area contributed by atoms with Crippen molar-refractivity contribution in [2.45, 2.75) is 77.4 Å². The highest BCUT2D eigenvalue weighted by atomic mass is 16.6. The topological polar surface area (TPSA) is 158 Å². The fourth-order valence-electron chi connectivity index (χ4n) is 4.71. The Morgan fingerprint density at radius 3 is 2.49 bits per heavy atom. The van der Waals surface area contributed by atoms with Crippen LogP contribution >= 0.6 is 0 Å². The first-order chi connectivity index (χ1) is 19.6. The molecule has 3 N–H and O–H groups in total. The Morgan fingerprint density at radius 1 is 1.05 bits per heavy atom. The van der Waals surface area contributed by atoms with Gasteiger partial charge in [0.1, 0.15) is 5.60 Å². The molecule has 1 aliphatic rings. The third-order valence-electron chi connectivity index (χ3n) is 6.78. The predicted molar refractivity (Wildman–Crippen MR) is 152 cm³/mol. The molecule has 1 fully saturated rings. The molecule has 4 rings (SSSR count). The molecule has 0 radical (unpaired) electrons. The minimum absolute atomic E-state index is 0.152. The molecule has 3 aromatic rings. The first-order valence-corrected chi connectivity index (χ1v) is 13.9. The van der Waals surface area contributed by atoms with Crippen molar-refractivity contribution >= 4 is 23.7 Å².